The zero-order chi connectivity index (χ0) is 25.4. The highest BCUT2D eigenvalue weighted by atomic mass is 35.5. The molecule has 3 aliphatic rings. The van der Waals surface area contributed by atoms with Crippen LogP contribution in [0.5, 0.6) is 0 Å². The van der Waals surface area contributed by atoms with Crippen molar-refractivity contribution < 1.29 is 4.79 Å². The quantitative estimate of drug-likeness (QED) is 0.449. The number of fused-ring (bicyclic) bond motifs is 3. The van der Waals surface area contributed by atoms with Gasteiger partial charge in [-0.3, -0.25) is 9.69 Å². The largest absolute Gasteiger partial charge is 0.357 e. The molecule has 2 aromatic carbocycles. The first-order chi connectivity index (χ1) is 18.0. The second-order valence-electron chi connectivity index (χ2n) is 11.3. The molecule has 6 rings (SSSR count). The van der Waals surface area contributed by atoms with Gasteiger partial charge in [0.25, 0.3) is 0 Å². The molecule has 3 heterocycles. The smallest absolute Gasteiger partial charge is 0.231 e. The molecule has 37 heavy (non-hydrogen) atoms. The maximum Gasteiger partial charge on any atom is 0.231 e. The Balaban J connectivity index is 1.10. The van der Waals surface area contributed by atoms with E-state index in [-0.39, 0.29) is 17.4 Å². The standard InChI is InChI=1S/C31H39ClN4O/c1-34(30(37)26-11-7-10-25-27-22-24(32)12-13-28(27)33-29(25)26)20-21-35-18-14-31(15-19-35,36-16-5-6-17-36)23-8-3-2-4-9-23/h2-4,8-9,12-13,22,26,33H,5-7,10-11,14-21H2,1H3. The number of likely N-dealkylation sites (tertiary alicyclic amines) is 2. The summed E-state index contributed by atoms with van der Waals surface area (Å²) < 4.78 is 0. The molecule has 0 spiro atoms. The molecule has 0 bridgehead atoms. The van der Waals surface area contributed by atoms with Crippen LogP contribution in [0.25, 0.3) is 10.9 Å². The fraction of sp³-hybridized carbons (Fsp3) is 0.516. The number of aryl methyl sites for hydroxylation is 1. The monoisotopic (exact) mass is 518 g/mol. The van der Waals surface area contributed by atoms with Gasteiger partial charge in [0.15, 0.2) is 0 Å². The number of amides is 1. The van der Waals surface area contributed by atoms with E-state index in [2.05, 4.69) is 45.1 Å². The second kappa shape index (κ2) is 10.4. The van der Waals surface area contributed by atoms with Crippen LogP contribution in [0.3, 0.4) is 0 Å². The van der Waals surface area contributed by atoms with Crippen molar-refractivity contribution >= 4 is 28.4 Å². The number of benzene rings is 2. The minimum absolute atomic E-state index is 0.0813. The molecule has 2 aliphatic heterocycles. The maximum atomic E-state index is 13.6. The molecule has 1 amide bonds. The first kappa shape index (κ1) is 25.0. The number of nitrogens with one attached hydrogen (secondary N) is 1. The number of hydrogen-bond donors (Lipinski definition) is 1. The average Bonchev–Trinajstić information content (AvgIpc) is 3.61. The summed E-state index contributed by atoms with van der Waals surface area (Å²) in [5.74, 6) is 0.161. The number of halogens is 1. The van der Waals surface area contributed by atoms with Gasteiger partial charge in [0.1, 0.15) is 0 Å². The van der Waals surface area contributed by atoms with E-state index in [1.54, 1.807) is 0 Å². The van der Waals surface area contributed by atoms with Gasteiger partial charge in [-0.05, 0) is 87.4 Å². The second-order valence-corrected chi connectivity index (χ2v) is 11.8. The average molecular weight is 519 g/mol. The lowest BCUT2D eigenvalue weighted by Gasteiger charge is -2.48. The van der Waals surface area contributed by atoms with E-state index < -0.39 is 0 Å². The Kier molecular flexibility index (Phi) is 7.04. The van der Waals surface area contributed by atoms with Crippen LogP contribution in [0.15, 0.2) is 48.5 Å². The third kappa shape index (κ3) is 4.71. The lowest BCUT2D eigenvalue weighted by molar-refractivity contribution is -0.132. The number of aromatic nitrogens is 1. The fourth-order valence-electron chi connectivity index (χ4n) is 7.18. The first-order valence-electron chi connectivity index (χ1n) is 14.1. The Morgan fingerprint density at radius 1 is 1.05 bits per heavy atom. The van der Waals surface area contributed by atoms with Crippen molar-refractivity contribution in [3.05, 3.63) is 70.4 Å². The Bertz CT molecular complexity index is 1240. The summed E-state index contributed by atoms with van der Waals surface area (Å²) in [5.41, 5.74) is 5.14. The summed E-state index contributed by atoms with van der Waals surface area (Å²) in [6, 6.07) is 17.2. The SMILES string of the molecule is CN(CCN1CCC(c2ccccc2)(N2CCCC2)CC1)C(=O)C1CCCc2c1[nH]c1ccc(Cl)cc21. The minimum atomic E-state index is -0.0813. The van der Waals surface area contributed by atoms with Crippen molar-refractivity contribution in [3.63, 3.8) is 0 Å². The molecule has 1 N–H and O–H groups in total. The number of piperidine rings is 1. The van der Waals surface area contributed by atoms with E-state index in [0.29, 0.717) is 0 Å². The summed E-state index contributed by atoms with van der Waals surface area (Å²) in [5, 5.41) is 1.93. The van der Waals surface area contributed by atoms with Crippen molar-refractivity contribution in [2.45, 2.75) is 56.4 Å². The normalized spacial score (nSPS) is 22.3. The van der Waals surface area contributed by atoms with E-state index >= 15 is 0 Å². The van der Waals surface area contributed by atoms with E-state index in [1.165, 1.54) is 42.4 Å². The number of H-pyrrole nitrogens is 1. The van der Waals surface area contributed by atoms with Crippen molar-refractivity contribution in [3.8, 4) is 0 Å². The number of aromatic amines is 1. The summed E-state index contributed by atoms with van der Waals surface area (Å²) >= 11 is 6.28. The maximum absolute atomic E-state index is 13.6. The first-order valence-corrected chi connectivity index (χ1v) is 14.5. The Hall–Kier alpha value is -2.34. The highest BCUT2D eigenvalue weighted by Gasteiger charge is 2.42. The zero-order valence-corrected chi connectivity index (χ0v) is 22.8. The molecular weight excluding hydrogens is 480 g/mol. The van der Waals surface area contributed by atoms with Crippen LogP contribution in [-0.4, -0.2) is 71.9 Å². The van der Waals surface area contributed by atoms with Gasteiger partial charge in [0, 0.05) is 60.4 Å². The van der Waals surface area contributed by atoms with Crippen molar-refractivity contribution in [2.75, 3.05) is 46.3 Å². The predicted molar refractivity (Wildman–Crippen MR) is 151 cm³/mol. The molecule has 2 saturated heterocycles. The van der Waals surface area contributed by atoms with Gasteiger partial charge in [-0.2, -0.15) is 0 Å². The molecule has 1 unspecified atom stereocenters. The zero-order valence-electron chi connectivity index (χ0n) is 22.0. The number of carbonyl (C=O) groups excluding carboxylic acids is 1. The van der Waals surface area contributed by atoms with Gasteiger partial charge >= 0.3 is 0 Å². The Labute approximate surface area is 225 Å². The lowest BCUT2D eigenvalue weighted by Crippen LogP contribution is -2.53. The summed E-state index contributed by atoms with van der Waals surface area (Å²) in [6.07, 6.45) is 7.93. The Morgan fingerprint density at radius 3 is 2.57 bits per heavy atom. The molecule has 6 heteroatoms. The molecule has 3 aromatic rings. The lowest BCUT2D eigenvalue weighted by atomic mass is 9.79. The van der Waals surface area contributed by atoms with Crippen molar-refractivity contribution in [1.29, 1.82) is 0 Å². The van der Waals surface area contributed by atoms with Gasteiger partial charge in [0.2, 0.25) is 5.91 Å². The third-order valence-corrected chi connectivity index (χ3v) is 9.54. The van der Waals surface area contributed by atoms with Crippen LogP contribution in [0.1, 0.15) is 61.3 Å². The van der Waals surface area contributed by atoms with Crippen LogP contribution in [0.4, 0.5) is 0 Å². The number of carbonyl (C=O) groups is 1. The molecule has 5 nitrogen and oxygen atoms in total. The molecule has 196 valence electrons. The molecular formula is C31H39ClN4O. The minimum Gasteiger partial charge on any atom is -0.357 e. The summed E-state index contributed by atoms with van der Waals surface area (Å²) in [7, 11) is 1.98. The van der Waals surface area contributed by atoms with E-state index in [1.807, 2.05) is 30.1 Å². The molecule has 0 saturated carbocycles. The summed E-state index contributed by atoms with van der Waals surface area (Å²) in [4.78, 5) is 24.4. The summed E-state index contributed by atoms with van der Waals surface area (Å²) in [6.45, 7) is 6.33. The topological polar surface area (TPSA) is 42.6 Å². The number of nitrogens with zero attached hydrogens (tertiary/aromatic N) is 3. The Morgan fingerprint density at radius 2 is 1.81 bits per heavy atom. The van der Waals surface area contributed by atoms with E-state index in [9.17, 15) is 4.79 Å². The third-order valence-electron chi connectivity index (χ3n) is 9.30. The van der Waals surface area contributed by atoms with E-state index in [4.69, 9.17) is 11.6 Å². The van der Waals surface area contributed by atoms with Crippen molar-refractivity contribution in [1.82, 2.24) is 19.7 Å². The van der Waals surface area contributed by atoms with Crippen molar-refractivity contribution in [2.24, 2.45) is 0 Å². The van der Waals surface area contributed by atoms with Gasteiger partial charge < -0.3 is 14.8 Å². The predicted octanol–water partition coefficient (Wildman–Crippen LogP) is 5.79. The van der Waals surface area contributed by atoms with Gasteiger partial charge in [-0.25, -0.2) is 0 Å². The highest BCUT2D eigenvalue weighted by molar-refractivity contribution is 6.31. The van der Waals surface area contributed by atoms with Crippen LogP contribution in [-0.2, 0) is 16.8 Å². The van der Waals surface area contributed by atoms with Crippen LogP contribution >= 0.6 is 11.6 Å². The van der Waals surface area contributed by atoms with Gasteiger partial charge in [-0.1, -0.05) is 41.9 Å². The van der Waals surface area contributed by atoms with Crippen LogP contribution in [0.2, 0.25) is 5.02 Å². The van der Waals surface area contributed by atoms with Crippen LogP contribution in [0, 0.1) is 0 Å². The number of likely N-dealkylation sites (N-methyl/N-ethyl adjacent to an activating group) is 1. The van der Waals surface area contributed by atoms with Gasteiger partial charge in [0.05, 0.1) is 5.92 Å². The molecule has 1 aliphatic carbocycles. The van der Waals surface area contributed by atoms with E-state index in [0.717, 1.165) is 74.5 Å². The molecule has 0 radical (unpaired) electrons. The fourth-order valence-corrected chi connectivity index (χ4v) is 7.35. The number of rotatable bonds is 6. The molecule has 2 fully saturated rings. The molecule has 1 aromatic heterocycles. The van der Waals surface area contributed by atoms with Crippen LogP contribution < -0.4 is 0 Å². The van der Waals surface area contributed by atoms with Gasteiger partial charge in [-0.15, -0.1) is 0 Å². The highest BCUT2D eigenvalue weighted by Crippen LogP contribution is 2.41. The number of hydrogen-bond acceptors (Lipinski definition) is 3. The molecule has 1 atom stereocenters.